The van der Waals surface area contributed by atoms with E-state index in [9.17, 15) is 14.7 Å². The van der Waals surface area contributed by atoms with Crippen LogP contribution in [0, 0.1) is 5.92 Å². The van der Waals surface area contributed by atoms with Crippen molar-refractivity contribution >= 4 is 11.9 Å². The molecule has 0 spiro atoms. The first-order valence-electron chi connectivity index (χ1n) is 9.69. The Balaban J connectivity index is 2.02. The van der Waals surface area contributed by atoms with Crippen molar-refractivity contribution in [2.24, 2.45) is 5.92 Å². The van der Waals surface area contributed by atoms with Crippen LogP contribution in [0.3, 0.4) is 0 Å². The smallest absolute Gasteiger partial charge is 0.328 e. The first-order chi connectivity index (χ1) is 14.2. The molecule has 2 aromatic rings. The van der Waals surface area contributed by atoms with Crippen molar-refractivity contribution in [3.05, 3.63) is 48.3 Å². The number of hydrogen-bond donors (Lipinski definition) is 2. The summed E-state index contributed by atoms with van der Waals surface area (Å²) in [6.45, 7) is 7.17. The second kappa shape index (κ2) is 10.5. The molecule has 0 aliphatic carbocycles. The van der Waals surface area contributed by atoms with Gasteiger partial charge in [0.2, 0.25) is 0 Å². The Morgan fingerprint density at radius 2 is 1.73 bits per heavy atom. The number of esters is 1. The number of para-hydroxylation sites is 1. The summed E-state index contributed by atoms with van der Waals surface area (Å²) in [7, 11) is 1.36. The van der Waals surface area contributed by atoms with Gasteiger partial charge in [0.05, 0.1) is 7.11 Å². The number of amides is 1. The maximum atomic E-state index is 12.6. The Morgan fingerprint density at radius 3 is 2.33 bits per heavy atom. The number of aromatic nitrogens is 1. The van der Waals surface area contributed by atoms with Crippen LogP contribution in [0.25, 0.3) is 0 Å². The van der Waals surface area contributed by atoms with Gasteiger partial charge in [-0.2, -0.15) is 0 Å². The fourth-order valence-corrected chi connectivity index (χ4v) is 2.88. The van der Waals surface area contributed by atoms with Crippen LogP contribution in [-0.2, 0) is 9.53 Å². The second-order valence-electron chi connectivity index (χ2n) is 7.19. The Morgan fingerprint density at radius 1 is 1.07 bits per heavy atom. The van der Waals surface area contributed by atoms with Gasteiger partial charge in [0.15, 0.2) is 17.2 Å². The molecule has 2 N–H and O–H groups in total. The zero-order valence-electron chi connectivity index (χ0n) is 17.8. The highest BCUT2D eigenvalue weighted by atomic mass is 16.6. The molecule has 8 heteroatoms. The molecule has 0 aliphatic heterocycles. The molecule has 3 atom stereocenters. The van der Waals surface area contributed by atoms with Crippen LogP contribution in [0.4, 0.5) is 0 Å². The number of methoxy groups -OCH3 is 1. The Labute approximate surface area is 176 Å². The molecule has 1 heterocycles. The zero-order valence-corrected chi connectivity index (χ0v) is 17.8. The molecule has 8 nitrogen and oxygen atoms in total. The van der Waals surface area contributed by atoms with Crippen LogP contribution in [0.1, 0.15) is 38.2 Å². The number of aromatic hydroxyl groups is 1. The van der Waals surface area contributed by atoms with E-state index in [1.165, 1.54) is 26.3 Å². The lowest BCUT2D eigenvalue weighted by Crippen LogP contribution is -2.45. The molecule has 0 aliphatic rings. The van der Waals surface area contributed by atoms with Crippen molar-refractivity contribution in [1.82, 2.24) is 10.3 Å². The van der Waals surface area contributed by atoms with Crippen LogP contribution >= 0.6 is 0 Å². The van der Waals surface area contributed by atoms with Gasteiger partial charge in [0.1, 0.15) is 24.0 Å². The van der Waals surface area contributed by atoms with E-state index in [-0.39, 0.29) is 17.4 Å². The van der Waals surface area contributed by atoms with Crippen molar-refractivity contribution in [1.29, 1.82) is 0 Å². The molecular weight excluding hydrogens is 388 g/mol. The summed E-state index contributed by atoms with van der Waals surface area (Å²) in [5, 5.41) is 12.5. The molecule has 0 saturated heterocycles. The zero-order chi connectivity index (χ0) is 22.3. The molecule has 1 amide bonds. The summed E-state index contributed by atoms with van der Waals surface area (Å²) in [4.78, 5) is 28.9. The number of rotatable bonds is 9. The van der Waals surface area contributed by atoms with E-state index in [0.717, 1.165) is 0 Å². The van der Waals surface area contributed by atoms with Gasteiger partial charge in [-0.05, 0) is 31.9 Å². The summed E-state index contributed by atoms with van der Waals surface area (Å²) in [6.07, 6.45) is 0.400. The summed E-state index contributed by atoms with van der Waals surface area (Å²) < 4.78 is 16.5. The van der Waals surface area contributed by atoms with Gasteiger partial charge in [0.25, 0.3) is 5.91 Å². The van der Waals surface area contributed by atoms with Crippen molar-refractivity contribution in [2.45, 2.75) is 45.9 Å². The predicted octanol–water partition coefficient (Wildman–Crippen LogP) is 2.95. The summed E-state index contributed by atoms with van der Waals surface area (Å²) in [5.41, 5.74) is -0.241. The lowest BCUT2D eigenvalue weighted by Gasteiger charge is -2.29. The third kappa shape index (κ3) is 5.85. The van der Waals surface area contributed by atoms with Gasteiger partial charge in [0, 0.05) is 12.3 Å². The third-order valence-electron chi connectivity index (χ3n) is 4.46. The topological polar surface area (TPSA) is 107 Å². The first kappa shape index (κ1) is 23.0. The number of hydrogen-bond acceptors (Lipinski definition) is 7. The SMILES string of the molecule is COc1ccnc(C(=O)N[C@@H](C)C(=O)O[C@H](C(C)C)[C@H](C)Oc2ccccc2)c1O. The normalized spacial score (nSPS) is 13.8. The predicted molar refractivity (Wildman–Crippen MR) is 111 cm³/mol. The minimum Gasteiger partial charge on any atom is -0.503 e. The summed E-state index contributed by atoms with van der Waals surface area (Å²) in [6, 6.07) is 9.71. The van der Waals surface area contributed by atoms with E-state index >= 15 is 0 Å². The molecule has 0 fully saturated rings. The molecule has 30 heavy (non-hydrogen) atoms. The van der Waals surface area contributed by atoms with E-state index in [0.29, 0.717) is 5.75 Å². The van der Waals surface area contributed by atoms with E-state index in [1.807, 2.05) is 51.1 Å². The molecule has 162 valence electrons. The maximum absolute atomic E-state index is 12.6. The van der Waals surface area contributed by atoms with Gasteiger partial charge in [-0.25, -0.2) is 9.78 Å². The monoisotopic (exact) mass is 416 g/mol. The summed E-state index contributed by atoms with van der Waals surface area (Å²) in [5.74, 6) is -0.967. The van der Waals surface area contributed by atoms with E-state index in [1.54, 1.807) is 0 Å². The lowest BCUT2D eigenvalue weighted by molar-refractivity contribution is -0.158. The summed E-state index contributed by atoms with van der Waals surface area (Å²) >= 11 is 0. The number of carbonyl (C=O) groups is 2. The molecule has 0 radical (unpaired) electrons. The second-order valence-corrected chi connectivity index (χ2v) is 7.19. The average molecular weight is 416 g/mol. The molecule has 1 aromatic carbocycles. The highest BCUT2D eigenvalue weighted by Crippen LogP contribution is 2.27. The molecule has 0 bridgehead atoms. The van der Waals surface area contributed by atoms with E-state index < -0.39 is 35.9 Å². The van der Waals surface area contributed by atoms with Crippen LogP contribution in [-0.4, -0.2) is 47.3 Å². The largest absolute Gasteiger partial charge is 0.503 e. The third-order valence-corrected chi connectivity index (χ3v) is 4.46. The number of carbonyl (C=O) groups excluding carboxylic acids is 2. The quantitative estimate of drug-likeness (QED) is 0.605. The first-order valence-corrected chi connectivity index (χ1v) is 9.69. The van der Waals surface area contributed by atoms with Crippen LogP contribution in [0.5, 0.6) is 17.2 Å². The number of nitrogens with zero attached hydrogens (tertiary/aromatic N) is 1. The number of ether oxygens (including phenoxy) is 3. The van der Waals surface area contributed by atoms with Gasteiger partial charge in [-0.15, -0.1) is 0 Å². The van der Waals surface area contributed by atoms with Crippen molar-refractivity contribution in [3.63, 3.8) is 0 Å². The average Bonchev–Trinajstić information content (AvgIpc) is 2.72. The van der Waals surface area contributed by atoms with Crippen LogP contribution < -0.4 is 14.8 Å². The Hall–Kier alpha value is -3.29. The van der Waals surface area contributed by atoms with E-state index in [4.69, 9.17) is 14.2 Å². The van der Waals surface area contributed by atoms with Crippen molar-refractivity contribution < 1.29 is 28.9 Å². The molecule has 0 saturated carbocycles. The van der Waals surface area contributed by atoms with Gasteiger partial charge >= 0.3 is 5.97 Å². The molecule has 1 aromatic heterocycles. The highest BCUT2D eigenvalue weighted by Gasteiger charge is 2.30. The highest BCUT2D eigenvalue weighted by molar-refractivity contribution is 5.97. The standard InChI is InChI=1S/C22H28N2O6/c1-13(2)20(15(4)29-16-9-7-6-8-10-16)30-22(27)14(3)24-21(26)18-19(25)17(28-5)11-12-23-18/h6-15,20,25H,1-5H3,(H,24,26)/t14-,15-,20+/m0/s1. The number of pyridine rings is 1. The lowest BCUT2D eigenvalue weighted by atomic mass is 10.0. The van der Waals surface area contributed by atoms with Crippen molar-refractivity contribution in [2.75, 3.05) is 7.11 Å². The van der Waals surface area contributed by atoms with Crippen LogP contribution in [0.15, 0.2) is 42.6 Å². The molecule has 0 unspecified atom stereocenters. The Kier molecular flexibility index (Phi) is 8.03. The van der Waals surface area contributed by atoms with Gasteiger partial charge in [-0.1, -0.05) is 32.0 Å². The van der Waals surface area contributed by atoms with Gasteiger partial charge < -0.3 is 24.6 Å². The van der Waals surface area contributed by atoms with Gasteiger partial charge in [-0.3, -0.25) is 4.79 Å². The van der Waals surface area contributed by atoms with E-state index in [2.05, 4.69) is 10.3 Å². The number of benzene rings is 1. The molecular formula is C22H28N2O6. The molecule has 2 rings (SSSR count). The maximum Gasteiger partial charge on any atom is 0.328 e. The number of nitrogens with one attached hydrogen (secondary N) is 1. The minimum absolute atomic E-state index is 0.0142. The fourth-order valence-electron chi connectivity index (χ4n) is 2.88. The minimum atomic E-state index is -0.963. The fraction of sp³-hybridized carbons (Fsp3) is 0.409. The van der Waals surface area contributed by atoms with Crippen molar-refractivity contribution in [3.8, 4) is 17.2 Å². The van der Waals surface area contributed by atoms with Crippen LogP contribution in [0.2, 0.25) is 0 Å². The Bertz CT molecular complexity index is 856.